The molecular formula is C47H90O6. The molecule has 0 spiro atoms. The van der Waals surface area contributed by atoms with Gasteiger partial charge >= 0.3 is 17.9 Å². The normalized spacial score (nSPS) is 12.5. The standard InChI is InChI=1S/C47H90O6/c1-5-8-10-12-14-15-16-17-18-19-20-21-22-28-32-36-40-47(50)53-44(41-51-45(48)38-34-30-25-13-11-9-6-2)42-52-46(49)39-35-31-27-24-23-26-29-33-37-43(4)7-3/h43-44H,5-42H2,1-4H3/t43?,44-/m1/s1. The van der Waals surface area contributed by atoms with Gasteiger partial charge in [0.1, 0.15) is 13.2 Å². The average molecular weight is 751 g/mol. The summed E-state index contributed by atoms with van der Waals surface area (Å²) < 4.78 is 16.7. The Kier molecular flexibility index (Phi) is 40.3. The van der Waals surface area contributed by atoms with E-state index in [1.54, 1.807) is 0 Å². The van der Waals surface area contributed by atoms with Crippen LogP contribution in [0.15, 0.2) is 0 Å². The summed E-state index contributed by atoms with van der Waals surface area (Å²) in [5.74, 6) is -0.0117. The molecule has 0 bridgehead atoms. The summed E-state index contributed by atoms with van der Waals surface area (Å²) >= 11 is 0. The Labute approximate surface area is 329 Å². The van der Waals surface area contributed by atoms with Gasteiger partial charge < -0.3 is 14.2 Å². The van der Waals surface area contributed by atoms with Crippen molar-refractivity contribution in [2.24, 2.45) is 5.92 Å². The van der Waals surface area contributed by atoms with Gasteiger partial charge in [-0.3, -0.25) is 14.4 Å². The van der Waals surface area contributed by atoms with E-state index in [1.165, 1.54) is 154 Å². The van der Waals surface area contributed by atoms with Gasteiger partial charge in [-0.15, -0.1) is 0 Å². The molecular weight excluding hydrogens is 661 g/mol. The van der Waals surface area contributed by atoms with Crippen molar-refractivity contribution in [3.05, 3.63) is 0 Å². The first-order chi connectivity index (χ1) is 25.9. The van der Waals surface area contributed by atoms with Crippen molar-refractivity contribution in [2.75, 3.05) is 13.2 Å². The number of ether oxygens (including phenoxy) is 3. The minimum atomic E-state index is -0.759. The fourth-order valence-corrected chi connectivity index (χ4v) is 6.95. The Hall–Kier alpha value is -1.59. The van der Waals surface area contributed by atoms with Crippen LogP contribution in [0, 0.1) is 5.92 Å². The Balaban J connectivity index is 4.25. The van der Waals surface area contributed by atoms with Crippen molar-refractivity contribution in [3.8, 4) is 0 Å². The molecule has 314 valence electrons. The highest BCUT2D eigenvalue weighted by Crippen LogP contribution is 2.17. The highest BCUT2D eigenvalue weighted by Gasteiger charge is 2.19. The first-order valence-corrected chi connectivity index (χ1v) is 23.4. The molecule has 0 radical (unpaired) electrons. The van der Waals surface area contributed by atoms with Crippen LogP contribution in [0.25, 0.3) is 0 Å². The number of unbranched alkanes of at least 4 members (excludes halogenated alkanes) is 28. The minimum absolute atomic E-state index is 0.0646. The molecule has 0 rings (SSSR count). The van der Waals surface area contributed by atoms with Gasteiger partial charge in [-0.05, 0) is 25.2 Å². The van der Waals surface area contributed by atoms with Gasteiger partial charge in [0, 0.05) is 19.3 Å². The van der Waals surface area contributed by atoms with Gasteiger partial charge in [-0.2, -0.15) is 0 Å². The number of rotatable bonds is 42. The zero-order valence-corrected chi connectivity index (χ0v) is 36.0. The first kappa shape index (κ1) is 51.4. The fraction of sp³-hybridized carbons (Fsp3) is 0.936. The van der Waals surface area contributed by atoms with Crippen LogP contribution < -0.4 is 0 Å². The van der Waals surface area contributed by atoms with Crippen LogP contribution in [0.1, 0.15) is 259 Å². The monoisotopic (exact) mass is 751 g/mol. The molecule has 0 aromatic carbocycles. The number of carbonyl (C=O) groups excluding carboxylic acids is 3. The van der Waals surface area contributed by atoms with Crippen molar-refractivity contribution < 1.29 is 28.6 Å². The zero-order chi connectivity index (χ0) is 38.9. The lowest BCUT2D eigenvalue weighted by Gasteiger charge is -2.18. The molecule has 6 nitrogen and oxygen atoms in total. The highest BCUT2D eigenvalue weighted by atomic mass is 16.6. The topological polar surface area (TPSA) is 78.9 Å². The van der Waals surface area contributed by atoms with Crippen LogP contribution in [0.4, 0.5) is 0 Å². The fourth-order valence-electron chi connectivity index (χ4n) is 6.95. The summed E-state index contributed by atoms with van der Waals surface area (Å²) in [6.45, 7) is 8.97. The summed E-state index contributed by atoms with van der Waals surface area (Å²) in [4.78, 5) is 37.6. The lowest BCUT2D eigenvalue weighted by Crippen LogP contribution is -2.30. The molecule has 0 fully saturated rings. The van der Waals surface area contributed by atoms with E-state index in [1.807, 2.05) is 0 Å². The second kappa shape index (κ2) is 41.6. The molecule has 0 saturated heterocycles. The predicted octanol–water partition coefficient (Wildman–Crippen LogP) is 14.7. The molecule has 53 heavy (non-hydrogen) atoms. The summed E-state index contributed by atoms with van der Waals surface area (Å²) in [7, 11) is 0. The lowest BCUT2D eigenvalue weighted by molar-refractivity contribution is -0.167. The van der Waals surface area contributed by atoms with Gasteiger partial charge in [0.25, 0.3) is 0 Å². The molecule has 6 heteroatoms. The molecule has 0 aromatic heterocycles. The van der Waals surface area contributed by atoms with Crippen LogP contribution in [-0.2, 0) is 28.6 Å². The van der Waals surface area contributed by atoms with E-state index in [9.17, 15) is 14.4 Å². The van der Waals surface area contributed by atoms with E-state index in [0.29, 0.717) is 19.3 Å². The predicted molar refractivity (Wildman–Crippen MR) is 224 cm³/mol. The summed E-state index contributed by atoms with van der Waals surface area (Å²) in [6, 6.07) is 0. The van der Waals surface area contributed by atoms with Gasteiger partial charge in [-0.1, -0.05) is 220 Å². The van der Waals surface area contributed by atoms with E-state index in [4.69, 9.17) is 14.2 Å². The second-order valence-corrected chi connectivity index (χ2v) is 16.3. The maximum atomic E-state index is 12.7. The Morgan fingerprint density at radius 3 is 0.981 bits per heavy atom. The van der Waals surface area contributed by atoms with Crippen LogP contribution in [0.2, 0.25) is 0 Å². The quantitative estimate of drug-likeness (QED) is 0.0351. The smallest absolute Gasteiger partial charge is 0.306 e. The Bertz CT molecular complexity index is 798. The molecule has 1 unspecified atom stereocenters. The molecule has 0 aromatic rings. The zero-order valence-electron chi connectivity index (χ0n) is 36.0. The summed E-state index contributed by atoms with van der Waals surface area (Å²) in [5.41, 5.74) is 0. The highest BCUT2D eigenvalue weighted by molar-refractivity contribution is 5.71. The van der Waals surface area contributed by atoms with E-state index in [2.05, 4.69) is 27.7 Å². The van der Waals surface area contributed by atoms with Crippen LogP contribution >= 0.6 is 0 Å². The summed E-state index contributed by atoms with van der Waals surface area (Å²) in [5, 5.41) is 0. The van der Waals surface area contributed by atoms with E-state index < -0.39 is 6.10 Å². The molecule has 0 amide bonds. The SMILES string of the molecule is CCCCCCCCCCCCCCCCCCC(=O)O[C@H](COC(=O)CCCCCCCCC)COC(=O)CCCCCCCCCCC(C)CC. The van der Waals surface area contributed by atoms with Crippen molar-refractivity contribution in [1.82, 2.24) is 0 Å². The molecule has 0 aliphatic heterocycles. The second-order valence-electron chi connectivity index (χ2n) is 16.3. The number of carbonyl (C=O) groups is 3. The van der Waals surface area contributed by atoms with Gasteiger partial charge in [-0.25, -0.2) is 0 Å². The Morgan fingerprint density at radius 1 is 0.377 bits per heavy atom. The van der Waals surface area contributed by atoms with Crippen molar-refractivity contribution in [3.63, 3.8) is 0 Å². The van der Waals surface area contributed by atoms with Crippen LogP contribution in [0.5, 0.6) is 0 Å². The van der Waals surface area contributed by atoms with Gasteiger partial charge in [0.2, 0.25) is 0 Å². The third-order valence-electron chi connectivity index (χ3n) is 10.9. The third-order valence-corrected chi connectivity index (χ3v) is 10.9. The molecule has 0 heterocycles. The number of esters is 3. The molecule has 2 atom stereocenters. The largest absolute Gasteiger partial charge is 0.462 e. The van der Waals surface area contributed by atoms with Gasteiger partial charge in [0.05, 0.1) is 0 Å². The van der Waals surface area contributed by atoms with Crippen LogP contribution in [-0.4, -0.2) is 37.2 Å². The van der Waals surface area contributed by atoms with E-state index in [0.717, 1.165) is 63.7 Å². The van der Waals surface area contributed by atoms with Crippen molar-refractivity contribution in [1.29, 1.82) is 0 Å². The van der Waals surface area contributed by atoms with Gasteiger partial charge in [0.15, 0.2) is 6.10 Å². The number of hydrogen-bond donors (Lipinski definition) is 0. The summed E-state index contributed by atoms with van der Waals surface area (Å²) in [6.07, 6.45) is 40.9. The average Bonchev–Trinajstić information content (AvgIpc) is 3.15. The van der Waals surface area contributed by atoms with Crippen molar-refractivity contribution in [2.45, 2.75) is 265 Å². The lowest BCUT2D eigenvalue weighted by atomic mass is 9.99. The molecule has 0 aliphatic carbocycles. The maximum absolute atomic E-state index is 12.7. The maximum Gasteiger partial charge on any atom is 0.306 e. The van der Waals surface area contributed by atoms with Crippen molar-refractivity contribution >= 4 is 17.9 Å². The molecule has 0 aliphatic rings. The van der Waals surface area contributed by atoms with E-state index in [-0.39, 0.29) is 31.1 Å². The molecule has 0 N–H and O–H groups in total. The van der Waals surface area contributed by atoms with Crippen LogP contribution in [0.3, 0.4) is 0 Å². The molecule has 0 saturated carbocycles. The first-order valence-electron chi connectivity index (χ1n) is 23.4. The number of hydrogen-bond acceptors (Lipinski definition) is 6. The third kappa shape index (κ3) is 39.9. The minimum Gasteiger partial charge on any atom is -0.462 e. The Morgan fingerprint density at radius 2 is 0.660 bits per heavy atom. The van der Waals surface area contributed by atoms with E-state index >= 15 is 0 Å².